The Labute approximate surface area is 124 Å². The van der Waals surface area contributed by atoms with Gasteiger partial charge < -0.3 is 5.73 Å². The van der Waals surface area contributed by atoms with E-state index < -0.39 is 15.8 Å². The molecular weight excluding hydrogens is 291 g/mol. The van der Waals surface area contributed by atoms with Gasteiger partial charge in [-0.05, 0) is 35.4 Å². The number of nitrogens with zero attached hydrogens (tertiary/aromatic N) is 1. The molecule has 6 heteroatoms. The quantitative estimate of drug-likeness (QED) is 0.920. The molecule has 0 heterocycles. The van der Waals surface area contributed by atoms with Crippen LogP contribution in [0.2, 0.25) is 0 Å². The van der Waals surface area contributed by atoms with Crippen LogP contribution in [0, 0.1) is 5.82 Å². The second-order valence-electron chi connectivity index (χ2n) is 4.69. The van der Waals surface area contributed by atoms with Gasteiger partial charge in [0.25, 0.3) is 0 Å². The molecule has 0 aliphatic rings. The summed E-state index contributed by atoms with van der Waals surface area (Å²) in [6.07, 6.45) is 0. The van der Waals surface area contributed by atoms with E-state index in [9.17, 15) is 12.8 Å². The van der Waals surface area contributed by atoms with Crippen molar-refractivity contribution in [1.29, 1.82) is 0 Å². The van der Waals surface area contributed by atoms with Crippen molar-refractivity contribution in [3.8, 4) is 0 Å². The summed E-state index contributed by atoms with van der Waals surface area (Å²) in [6.45, 7) is 0.563. The summed E-state index contributed by atoms with van der Waals surface area (Å²) in [5.74, 6) is -0.468. The van der Waals surface area contributed by atoms with Crippen molar-refractivity contribution in [3.63, 3.8) is 0 Å². The third kappa shape index (κ3) is 3.47. The molecule has 0 fully saturated rings. The molecule has 2 aromatic carbocycles. The Morgan fingerprint density at radius 1 is 1.05 bits per heavy atom. The fourth-order valence-electron chi connectivity index (χ4n) is 2.02. The van der Waals surface area contributed by atoms with E-state index in [1.165, 1.54) is 23.5 Å². The maximum absolute atomic E-state index is 12.9. The summed E-state index contributed by atoms with van der Waals surface area (Å²) in [6, 6.07) is 12.2. The maximum Gasteiger partial charge on any atom is 0.243 e. The van der Waals surface area contributed by atoms with Crippen LogP contribution in [0.4, 0.5) is 4.39 Å². The number of hydrogen-bond donors (Lipinski definition) is 1. The van der Waals surface area contributed by atoms with Crippen LogP contribution >= 0.6 is 0 Å². The Morgan fingerprint density at radius 2 is 1.62 bits per heavy atom. The molecule has 2 N–H and O–H groups in total. The average molecular weight is 308 g/mol. The van der Waals surface area contributed by atoms with Gasteiger partial charge in [0.1, 0.15) is 5.82 Å². The Balaban J connectivity index is 2.26. The molecule has 0 amide bonds. The van der Waals surface area contributed by atoms with Gasteiger partial charge in [-0.2, -0.15) is 4.31 Å². The monoisotopic (exact) mass is 308 g/mol. The molecule has 21 heavy (non-hydrogen) atoms. The predicted octanol–water partition coefficient (Wildman–Crippen LogP) is 2.11. The molecule has 0 saturated carbocycles. The van der Waals surface area contributed by atoms with Crippen LogP contribution in [0.3, 0.4) is 0 Å². The second-order valence-corrected chi connectivity index (χ2v) is 6.73. The lowest BCUT2D eigenvalue weighted by atomic mass is 10.1. The zero-order valence-electron chi connectivity index (χ0n) is 11.7. The van der Waals surface area contributed by atoms with Gasteiger partial charge in [-0.25, -0.2) is 12.8 Å². The molecular formula is C15H17FN2O2S. The highest BCUT2D eigenvalue weighted by molar-refractivity contribution is 7.89. The van der Waals surface area contributed by atoms with E-state index in [2.05, 4.69) is 0 Å². The van der Waals surface area contributed by atoms with Gasteiger partial charge in [-0.3, -0.25) is 0 Å². The van der Waals surface area contributed by atoms with E-state index in [1.807, 2.05) is 24.3 Å². The van der Waals surface area contributed by atoms with Crippen LogP contribution in [-0.4, -0.2) is 19.8 Å². The first-order valence-electron chi connectivity index (χ1n) is 6.44. The lowest BCUT2D eigenvalue weighted by Crippen LogP contribution is -2.27. The normalized spacial score (nSPS) is 11.8. The van der Waals surface area contributed by atoms with E-state index in [1.54, 1.807) is 0 Å². The highest BCUT2D eigenvalue weighted by Crippen LogP contribution is 2.18. The van der Waals surface area contributed by atoms with Crippen molar-refractivity contribution < 1.29 is 12.8 Å². The van der Waals surface area contributed by atoms with Gasteiger partial charge in [-0.15, -0.1) is 0 Å². The maximum atomic E-state index is 12.9. The number of rotatable bonds is 5. The summed E-state index contributed by atoms with van der Waals surface area (Å²) in [5, 5.41) is 0. The largest absolute Gasteiger partial charge is 0.326 e. The van der Waals surface area contributed by atoms with Crippen molar-refractivity contribution >= 4 is 10.0 Å². The topological polar surface area (TPSA) is 63.4 Å². The summed E-state index contributed by atoms with van der Waals surface area (Å²) < 4.78 is 39.0. The van der Waals surface area contributed by atoms with Gasteiger partial charge >= 0.3 is 0 Å². The van der Waals surface area contributed by atoms with Crippen LogP contribution < -0.4 is 5.73 Å². The van der Waals surface area contributed by atoms with Crippen molar-refractivity contribution in [2.75, 3.05) is 7.05 Å². The minimum absolute atomic E-state index is 0.0663. The van der Waals surface area contributed by atoms with Crippen molar-refractivity contribution in [3.05, 3.63) is 65.5 Å². The lowest BCUT2D eigenvalue weighted by molar-refractivity contribution is 0.465. The molecule has 0 aliphatic heterocycles. The SMILES string of the molecule is CN(Cc1ccccc1CN)S(=O)(=O)c1ccc(F)cc1. The zero-order valence-corrected chi connectivity index (χ0v) is 12.5. The zero-order chi connectivity index (χ0) is 15.5. The van der Waals surface area contributed by atoms with E-state index >= 15 is 0 Å². The van der Waals surface area contributed by atoms with Crippen molar-refractivity contribution in [2.24, 2.45) is 5.73 Å². The highest BCUT2D eigenvalue weighted by Gasteiger charge is 2.21. The fraction of sp³-hybridized carbons (Fsp3) is 0.200. The molecule has 0 atom stereocenters. The standard InChI is InChI=1S/C15H17FN2O2S/c1-18(11-13-5-3-2-4-12(13)10-17)21(19,20)15-8-6-14(16)7-9-15/h2-9H,10-11,17H2,1H3. The third-order valence-electron chi connectivity index (χ3n) is 3.25. The molecule has 112 valence electrons. The summed E-state index contributed by atoms with van der Waals surface area (Å²) >= 11 is 0. The minimum atomic E-state index is -3.65. The van der Waals surface area contributed by atoms with Crippen molar-refractivity contribution in [1.82, 2.24) is 4.31 Å². The summed E-state index contributed by atoms with van der Waals surface area (Å²) in [7, 11) is -2.16. The number of sulfonamides is 1. The van der Waals surface area contributed by atoms with Gasteiger partial charge in [0.05, 0.1) is 4.90 Å². The third-order valence-corrected chi connectivity index (χ3v) is 5.07. The van der Waals surface area contributed by atoms with Gasteiger partial charge in [0.2, 0.25) is 10.0 Å². The number of halogens is 1. The van der Waals surface area contributed by atoms with Gasteiger partial charge in [0, 0.05) is 20.1 Å². The second kappa shape index (κ2) is 6.34. The summed E-state index contributed by atoms with van der Waals surface area (Å²) in [4.78, 5) is 0.0663. The molecule has 0 saturated heterocycles. The molecule has 0 aliphatic carbocycles. The van der Waals surface area contributed by atoms with Crippen LogP contribution in [0.15, 0.2) is 53.4 Å². The Morgan fingerprint density at radius 3 is 2.19 bits per heavy atom. The van der Waals surface area contributed by atoms with Gasteiger partial charge in [0.15, 0.2) is 0 Å². The van der Waals surface area contributed by atoms with Crippen LogP contribution in [0.5, 0.6) is 0 Å². The number of nitrogens with two attached hydrogens (primary N) is 1. The first-order valence-corrected chi connectivity index (χ1v) is 7.88. The molecule has 0 spiro atoms. The van der Waals surface area contributed by atoms with Gasteiger partial charge in [-0.1, -0.05) is 24.3 Å². The Hall–Kier alpha value is -1.76. The smallest absolute Gasteiger partial charge is 0.243 e. The van der Waals surface area contributed by atoms with E-state index in [0.717, 1.165) is 23.3 Å². The lowest BCUT2D eigenvalue weighted by Gasteiger charge is -2.19. The molecule has 4 nitrogen and oxygen atoms in total. The first-order chi connectivity index (χ1) is 9.95. The van der Waals surface area contributed by atoms with E-state index in [-0.39, 0.29) is 11.4 Å². The van der Waals surface area contributed by atoms with Crippen LogP contribution in [0.1, 0.15) is 11.1 Å². The highest BCUT2D eigenvalue weighted by atomic mass is 32.2. The predicted molar refractivity (Wildman–Crippen MR) is 79.4 cm³/mol. The van der Waals surface area contributed by atoms with E-state index in [4.69, 9.17) is 5.73 Å². The molecule has 2 aromatic rings. The Bertz CT molecular complexity index is 715. The molecule has 2 rings (SSSR count). The van der Waals surface area contributed by atoms with Crippen molar-refractivity contribution in [2.45, 2.75) is 18.0 Å². The molecule has 0 aromatic heterocycles. The number of hydrogen-bond acceptors (Lipinski definition) is 3. The Kier molecular flexibility index (Phi) is 4.72. The fourth-order valence-corrected chi connectivity index (χ4v) is 3.17. The average Bonchev–Trinajstić information content (AvgIpc) is 2.48. The minimum Gasteiger partial charge on any atom is -0.326 e. The van der Waals surface area contributed by atoms with Crippen LogP contribution in [0.25, 0.3) is 0 Å². The number of benzene rings is 2. The molecule has 0 bridgehead atoms. The molecule has 0 unspecified atom stereocenters. The first kappa shape index (κ1) is 15.6. The summed E-state index contributed by atoms with van der Waals surface area (Å²) in [5.41, 5.74) is 7.41. The molecule has 0 radical (unpaired) electrons. The van der Waals surface area contributed by atoms with E-state index in [0.29, 0.717) is 6.54 Å². The van der Waals surface area contributed by atoms with Crippen LogP contribution in [-0.2, 0) is 23.1 Å².